The van der Waals surface area contributed by atoms with Crippen LogP contribution in [0, 0.1) is 6.92 Å². The number of rotatable bonds is 3. The van der Waals surface area contributed by atoms with Gasteiger partial charge in [0.15, 0.2) is 0 Å². The summed E-state index contributed by atoms with van der Waals surface area (Å²) in [5, 5.41) is 22.0. The lowest BCUT2D eigenvalue weighted by atomic mass is 10.0. The van der Waals surface area contributed by atoms with Crippen molar-refractivity contribution in [3.63, 3.8) is 0 Å². The molecule has 1 aliphatic heterocycles. The zero-order chi connectivity index (χ0) is 19.3. The molecular weight excluding hydrogens is 346 g/mol. The molecule has 1 aliphatic rings. The predicted molar refractivity (Wildman–Crippen MR) is 98.4 cm³/mol. The molecule has 4 rings (SSSR count). The van der Waals surface area contributed by atoms with Gasteiger partial charge in [-0.2, -0.15) is 0 Å². The molecule has 8 heteroatoms. The summed E-state index contributed by atoms with van der Waals surface area (Å²) in [5.41, 5.74) is 2.25. The van der Waals surface area contributed by atoms with Crippen LogP contribution in [0.4, 0.5) is 4.79 Å². The minimum absolute atomic E-state index is 0.0242. The lowest BCUT2D eigenvalue weighted by Gasteiger charge is -2.28. The van der Waals surface area contributed by atoms with Crippen LogP contribution in [0.25, 0.3) is 16.7 Å². The number of hydrogen-bond donors (Lipinski definition) is 2. The Morgan fingerprint density at radius 1 is 1.11 bits per heavy atom. The van der Waals surface area contributed by atoms with Crippen LogP contribution in [0.15, 0.2) is 36.4 Å². The molecule has 0 unspecified atom stereocenters. The zero-order valence-electron chi connectivity index (χ0n) is 15.2. The van der Waals surface area contributed by atoms with Crippen molar-refractivity contribution in [2.24, 2.45) is 0 Å². The number of nitrogens with one attached hydrogen (secondary N) is 1. The Labute approximate surface area is 155 Å². The lowest BCUT2D eigenvalue weighted by molar-refractivity contribution is -0.125. The largest absolute Gasteiger partial charge is 0.505 e. The molecule has 0 aliphatic carbocycles. The van der Waals surface area contributed by atoms with Crippen molar-refractivity contribution in [3.05, 3.63) is 47.5 Å². The Hall–Kier alpha value is -3.42. The van der Waals surface area contributed by atoms with Crippen LogP contribution in [0.1, 0.15) is 25.0 Å². The molecule has 0 radical (unpaired) electrons. The number of phenols is 1. The van der Waals surface area contributed by atoms with Gasteiger partial charge in [0.05, 0.1) is 6.54 Å². The number of carbonyl (C=O) groups is 2. The molecule has 0 bridgehead atoms. The third-order valence-electron chi connectivity index (χ3n) is 4.84. The minimum Gasteiger partial charge on any atom is -0.505 e. The first-order valence-electron chi connectivity index (χ1n) is 8.55. The van der Waals surface area contributed by atoms with E-state index in [9.17, 15) is 14.7 Å². The number of amides is 3. The second kappa shape index (κ2) is 5.80. The number of aryl methyl sites for hydroxylation is 1. The first-order valence-corrected chi connectivity index (χ1v) is 8.55. The summed E-state index contributed by atoms with van der Waals surface area (Å²) in [6.45, 7) is 5.31. The number of imide groups is 1. The fraction of sp³-hybridized carbons (Fsp3) is 0.263. The normalized spacial score (nSPS) is 16.2. The van der Waals surface area contributed by atoms with E-state index in [0.717, 1.165) is 5.56 Å². The number of nitrogens with zero attached hydrogens (tertiary/aromatic N) is 4. The summed E-state index contributed by atoms with van der Waals surface area (Å²) < 4.78 is 0. The smallest absolute Gasteiger partial charge is 0.325 e. The van der Waals surface area contributed by atoms with Crippen LogP contribution in [0.3, 0.4) is 0 Å². The Kier molecular flexibility index (Phi) is 3.66. The fourth-order valence-electron chi connectivity index (χ4n) is 3.21. The number of benzene rings is 2. The second-order valence-electron chi connectivity index (χ2n) is 7.17. The van der Waals surface area contributed by atoms with Crippen molar-refractivity contribution in [2.75, 3.05) is 0 Å². The fourth-order valence-corrected chi connectivity index (χ4v) is 3.21. The molecule has 27 heavy (non-hydrogen) atoms. The molecule has 0 atom stereocenters. The van der Waals surface area contributed by atoms with E-state index in [1.54, 1.807) is 26.0 Å². The Balaban J connectivity index is 1.77. The van der Waals surface area contributed by atoms with Gasteiger partial charge in [-0.1, -0.05) is 18.2 Å². The number of aromatic nitrogens is 3. The van der Waals surface area contributed by atoms with E-state index in [-0.39, 0.29) is 18.2 Å². The Morgan fingerprint density at radius 3 is 2.30 bits per heavy atom. The van der Waals surface area contributed by atoms with Crippen molar-refractivity contribution < 1.29 is 14.7 Å². The number of carbonyl (C=O) groups excluding carboxylic acids is 2. The highest BCUT2D eigenvalue weighted by Gasteiger charge is 2.45. The maximum atomic E-state index is 12.2. The van der Waals surface area contributed by atoms with Gasteiger partial charge in [0.25, 0.3) is 5.91 Å². The average molecular weight is 365 g/mol. The molecule has 0 spiro atoms. The van der Waals surface area contributed by atoms with Gasteiger partial charge in [-0.25, -0.2) is 4.79 Å². The van der Waals surface area contributed by atoms with Crippen molar-refractivity contribution in [2.45, 2.75) is 32.9 Å². The van der Waals surface area contributed by atoms with E-state index in [0.29, 0.717) is 22.3 Å². The molecule has 2 heterocycles. The molecule has 0 saturated carbocycles. The quantitative estimate of drug-likeness (QED) is 0.694. The number of phenolic OH excluding ortho intramolecular Hbond substituents is 1. The first-order chi connectivity index (χ1) is 12.8. The highest BCUT2D eigenvalue weighted by Crippen LogP contribution is 2.32. The van der Waals surface area contributed by atoms with E-state index in [1.165, 1.54) is 9.70 Å². The van der Waals surface area contributed by atoms with E-state index in [1.807, 2.05) is 31.2 Å². The molecule has 2 N–H and O–H groups in total. The average Bonchev–Trinajstić information content (AvgIpc) is 3.12. The molecule has 1 fully saturated rings. The summed E-state index contributed by atoms with van der Waals surface area (Å²) in [4.78, 5) is 26.9. The van der Waals surface area contributed by atoms with Crippen molar-refractivity contribution in [1.82, 2.24) is 25.2 Å². The third-order valence-corrected chi connectivity index (χ3v) is 4.84. The highest BCUT2D eigenvalue weighted by atomic mass is 16.3. The van der Waals surface area contributed by atoms with Gasteiger partial charge in [0.1, 0.15) is 28.0 Å². The minimum atomic E-state index is -0.994. The number of urea groups is 1. The van der Waals surface area contributed by atoms with Gasteiger partial charge < -0.3 is 10.0 Å². The van der Waals surface area contributed by atoms with Crippen LogP contribution in [-0.2, 0) is 11.3 Å². The molecule has 2 aromatic carbocycles. The third kappa shape index (κ3) is 2.69. The summed E-state index contributed by atoms with van der Waals surface area (Å²) >= 11 is 0. The van der Waals surface area contributed by atoms with E-state index in [2.05, 4.69) is 15.5 Å². The van der Waals surface area contributed by atoms with Gasteiger partial charge in [0, 0.05) is 5.56 Å². The van der Waals surface area contributed by atoms with Crippen LogP contribution < -0.4 is 5.32 Å². The van der Waals surface area contributed by atoms with Crippen molar-refractivity contribution in [3.8, 4) is 11.4 Å². The SMILES string of the molecule is Cc1cc(CN2C(=O)NC(=O)C2(C)C)c(O)c(-n2nc3ccccc3n2)c1. The summed E-state index contributed by atoms with van der Waals surface area (Å²) in [7, 11) is 0. The monoisotopic (exact) mass is 365 g/mol. The van der Waals surface area contributed by atoms with Crippen LogP contribution in [0.2, 0.25) is 0 Å². The maximum Gasteiger partial charge on any atom is 0.325 e. The van der Waals surface area contributed by atoms with Gasteiger partial charge in [-0.05, 0) is 44.5 Å². The molecule has 1 aromatic heterocycles. The second-order valence-corrected chi connectivity index (χ2v) is 7.17. The topological polar surface area (TPSA) is 100 Å². The van der Waals surface area contributed by atoms with Crippen molar-refractivity contribution >= 4 is 23.0 Å². The van der Waals surface area contributed by atoms with Gasteiger partial charge in [0.2, 0.25) is 0 Å². The standard InChI is InChI=1S/C19H19N5O3/c1-11-8-12(10-23-18(27)20-17(26)19(23,2)3)16(25)15(9-11)24-21-13-6-4-5-7-14(13)22-24/h4-9,25H,10H2,1-3H3,(H,20,26,27). The van der Waals surface area contributed by atoms with Gasteiger partial charge in [-0.15, -0.1) is 15.0 Å². The van der Waals surface area contributed by atoms with Crippen molar-refractivity contribution in [1.29, 1.82) is 0 Å². The molecule has 3 aromatic rings. The summed E-state index contributed by atoms with van der Waals surface area (Å²) in [6, 6.07) is 10.5. The molecule has 8 nitrogen and oxygen atoms in total. The zero-order valence-corrected chi connectivity index (χ0v) is 15.2. The number of fused-ring (bicyclic) bond motifs is 1. The van der Waals surface area contributed by atoms with Crippen LogP contribution in [0.5, 0.6) is 5.75 Å². The summed E-state index contributed by atoms with van der Waals surface area (Å²) in [5.74, 6) is -0.385. The highest BCUT2D eigenvalue weighted by molar-refractivity contribution is 6.06. The number of hydrogen-bond acceptors (Lipinski definition) is 5. The van der Waals surface area contributed by atoms with E-state index in [4.69, 9.17) is 0 Å². The van der Waals surface area contributed by atoms with Gasteiger partial charge >= 0.3 is 6.03 Å². The Morgan fingerprint density at radius 2 is 1.74 bits per heavy atom. The first kappa shape index (κ1) is 17.0. The van der Waals surface area contributed by atoms with E-state index < -0.39 is 11.6 Å². The van der Waals surface area contributed by atoms with Crippen LogP contribution >= 0.6 is 0 Å². The van der Waals surface area contributed by atoms with Crippen LogP contribution in [-0.4, -0.2) is 42.5 Å². The molecule has 138 valence electrons. The summed E-state index contributed by atoms with van der Waals surface area (Å²) in [6.07, 6.45) is 0. The molecule has 1 saturated heterocycles. The maximum absolute atomic E-state index is 12.2. The Bertz CT molecular complexity index is 1050. The number of aromatic hydroxyl groups is 1. The van der Waals surface area contributed by atoms with Gasteiger partial charge in [-0.3, -0.25) is 10.1 Å². The van der Waals surface area contributed by atoms with E-state index >= 15 is 0 Å². The predicted octanol–water partition coefficient (Wildman–Crippen LogP) is 2.26. The lowest BCUT2D eigenvalue weighted by Crippen LogP contribution is -2.43. The molecular formula is C19H19N5O3. The molecule has 3 amide bonds.